The van der Waals surface area contributed by atoms with E-state index in [9.17, 15) is 13.5 Å². The average molecular weight is 602 g/mol. The van der Waals surface area contributed by atoms with Crippen LogP contribution in [0.15, 0.2) is 71.6 Å². The van der Waals surface area contributed by atoms with E-state index in [1.165, 1.54) is 0 Å². The first-order valence-electron chi connectivity index (χ1n) is 15.7. The molecule has 228 valence electrons. The predicted molar refractivity (Wildman–Crippen MR) is 166 cm³/mol. The molecular formula is C36H43NO5S. The molecule has 3 aromatic carbocycles. The van der Waals surface area contributed by atoms with E-state index in [-0.39, 0.29) is 35.9 Å². The van der Waals surface area contributed by atoms with Crippen molar-refractivity contribution in [2.45, 2.75) is 96.1 Å². The number of sulfonamides is 1. The Morgan fingerprint density at radius 1 is 0.953 bits per heavy atom. The summed E-state index contributed by atoms with van der Waals surface area (Å²) in [4.78, 5) is 0.300. The molecule has 0 bridgehead atoms. The van der Waals surface area contributed by atoms with Gasteiger partial charge in [0.25, 0.3) is 0 Å². The summed E-state index contributed by atoms with van der Waals surface area (Å²) in [5.74, 6) is 2.22. The first-order chi connectivity index (χ1) is 20.5. The number of nitrogens with zero attached hydrogens (tertiary/aromatic N) is 1. The van der Waals surface area contributed by atoms with Crippen LogP contribution in [-0.4, -0.2) is 29.5 Å². The molecule has 7 heteroatoms. The van der Waals surface area contributed by atoms with Crippen LogP contribution < -0.4 is 9.47 Å². The van der Waals surface area contributed by atoms with E-state index in [1.807, 2.05) is 24.3 Å². The molecule has 0 radical (unpaired) electrons. The predicted octanol–water partition coefficient (Wildman–Crippen LogP) is 6.88. The van der Waals surface area contributed by atoms with E-state index in [0.29, 0.717) is 23.8 Å². The lowest BCUT2D eigenvalue weighted by atomic mass is 9.43. The zero-order valence-electron chi connectivity index (χ0n) is 25.7. The minimum Gasteiger partial charge on any atom is -0.488 e. The summed E-state index contributed by atoms with van der Waals surface area (Å²) in [7, 11) is -3.69. The Labute approximate surface area is 256 Å². The molecule has 0 amide bonds. The van der Waals surface area contributed by atoms with Gasteiger partial charge in [-0.05, 0) is 72.8 Å². The van der Waals surface area contributed by atoms with Crippen molar-refractivity contribution >= 4 is 10.0 Å². The standard InChI is InChI=1S/C36H43NO5S/c1-24-15-16-31-34(2,3)32(38)17-18-36(31)35(24,4)20-28-30(41-23-25-11-7-5-8-12-25)19-26-21-37(22-29(26)33(28)42-36)43(39,40)27-13-9-6-10-14-27/h5-14,19,24,31-32,38H,15-18,20-23H2,1-4H3/t24-,31-,32-,35+,36-/m0/s1. The van der Waals surface area contributed by atoms with Gasteiger partial charge >= 0.3 is 0 Å². The Hall–Kier alpha value is -2.87. The van der Waals surface area contributed by atoms with Crippen molar-refractivity contribution < 1.29 is 23.0 Å². The Morgan fingerprint density at radius 3 is 2.37 bits per heavy atom. The van der Waals surface area contributed by atoms with Crippen LogP contribution in [0.25, 0.3) is 0 Å². The molecule has 2 saturated carbocycles. The van der Waals surface area contributed by atoms with Gasteiger partial charge < -0.3 is 14.6 Å². The molecule has 2 heterocycles. The number of hydrogen-bond donors (Lipinski definition) is 1. The summed E-state index contributed by atoms with van der Waals surface area (Å²) in [5.41, 5.74) is 3.14. The lowest BCUT2D eigenvalue weighted by molar-refractivity contribution is -0.233. The zero-order valence-corrected chi connectivity index (χ0v) is 26.5. The minimum absolute atomic E-state index is 0.159. The highest BCUT2D eigenvalue weighted by Crippen LogP contribution is 2.67. The molecule has 4 aliphatic rings. The van der Waals surface area contributed by atoms with Gasteiger partial charge in [0.15, 0.2) is 0 Å². The fourth-order valence-corrected chi connectivity index (χ4v) is 10.3. The fourth-order valence-electron chi connectivity index (χ4n) is 8.86. The largest absolute Gasteiger partial charge is 0.488 e. The van der Waals surface area contributed by atoms with Crippen LogP contribution in [0, 0.1) is 22.7 Å². The van der Waals surface area contributed by atoms with Crippen molar-refractivity contribution in [2.75, 3.05) is 0 Å². The van der Waals surface area contributed by atoms with Crippen molar-refractivity contribution in [3.8, 4) is 11.5 Å². The number of benzene rings is 3. The fraction of sp³-hybridized carbons (Fsp3) is 0.500. The van der Waals surface area contributed by atoms with Gasteiger partial charge in [-0.15, -0.1) is 0 Å². The van der Waals surface area contributed by atoms with Crippen LogP contribution >= 0.6 is 0 Å². The highest BCUT2D eigenvalue weighted by Gasteiger charge is 2.68. The molecule has 0 unspecified atom stereocenters. The maximum absolute atomic E-state index is 13.8. The molecule has 5 atom stereocenters. The van der Waals surface area contributed by atoms with Gasteiger partial charge in [0.05, 0.1) is 11.0 Å². The monoisotopic (exact) mass is 601 g/mol. The van der Waals surface area contributed by atoms with Gasteiger partial charge in [0, 0.05) is 35.5 Å². The Kier molecular flexibility index (Phi) is 6.77. The topological polar surface area (TPSA) is 76.1 Å². The molecule has 1 spiro atoms. The Bertz CT molecular complexity index is 1640. The van der Waals surface area contributed by atoms with E-state index in [2.05, 4.69) is 45.9 Å². The summed E-state index contributed by atoms with van der Waals surface area (Å²) < 4.78 is 43.2. The highest BCUT2D eigenvalue weighted by atomic mass is 32.2. The lowest BCUT2D eigenvalue weighted by Crippen LogP contribution is -2.70. The van der Waals surface area contributed by atoms with Crippen LogP contribution in [0.3, 0.4) is 0 Å². The minimum atomic E-state index is -3.69. The first kappa shape index (κ1) is 28.9. The highest BCUT2D eigenvalue weighted by molar-refractivity contribution is 7.89. The van der Waals surface area contributed by atoms with E-state index < -0.39 is 15.6 Å². The normalized spacial score (nSPS) is 31.2. The molecule has 3 aromatic rings. The van der Waals surface area contributed by atoms with Gasteiger partial charge in [0.2, 0.25) is 10.0 Å². The van der Waals surface area contributed by atoms with Crippen LogP contribution in [0.2, 0.25) is 0 Å². The van der Waals surface area contributed by atoms with E-state index >= 15 is 0 Å². The molecule has 43 heavy (non-hydrogen) atoms. The van der Waals surface area contributed by atoms with Crippen LogP contribution in [0.1, 0.15) is 75.6 Å². The van der Waals surface area contributed by atoms with E-state index in [1.54, 1.807) is 28.6 Å². The van der Waals surface area contributed by atoms with E-state index in [0.717, 1.165) is 59.4 Å². The third-order valence-electron chi connectivity index (χ3n) is 11.7. The SMILES string of the molecule is C[C@H]1CC[C@H]2C(C)(C)[C@@H](O)CC[C@]23Oc2c4c(cc(OCc5ccccc5)c2C[C@]13C)CN(S(=O)(=O)c1ccccc1)C4. The number of ether oxygens (including phenoxy) is 2. The maximum Gasteiger partial charge on any atom is 0.243 e. The summed E-state index contributed by atoms with van der Waals surface area (Å²) in [5, 5.41) is 11.2. The quantitative estimate of drug-likeness (QED) is 0.345. The van der Waals surface area contributed by atoms with Gasteiger partial charge in [-0.3, -0.25) is 0 Å². The summed E-state index contributed by atoms with van der Waals surface area (Å²) in [6.45, 7) is 10.1. The van der Waals surface area contributed by atoms with E-state index in [4.69, 9.17) is 9.47 Å². The summed E-state index contributed by atoms with van der Waals surface area (Å²) in [6.07, 6.45) is 4.02. The van der Waals surface area contributed by atoms with Crippen molar-refractivity contribution in [1.82, 2.24) is 4.31 Å². The van der Waals surface area contributed by atoms with Gasteiger partial charge in [-0.25, -0.2) is 8.42 Å². The summed E-state index contributed by atoms with van der Waals surface area (Å²) >= 11 is 0. The Balaban J connectivity index is 1.35. The second-order valence-corrected chi connectivity index (χ2v) is 16.1. The van der Waals surface area contributed by atoms with Crippen LogP contribution in [0.4, 0.5) is 0 Å². The molecule has 2 fully saturated rings. The molecule has 2 aliphatic carbocycles. The van der Waals surface area contributed by atoms with Crippen LogP contribution in [-0.2, 0) is 36.1 Å². The second kappa shape index (κ2) is 10.1. The molecule has 0 saturated heterocycles. The van der Waals surface area contributed by atoms with Crippen molar-refractivity contribution in [2.24, 2.45) is 22.7 Å². The molecule has 0 aromatic heterocycles. The first-order valence-corrected chi connectivity index (χ1v) is 17.2. The zero-order chi connectivity index (χ0) is 30.2. The van der Waals surface area contributed by atoms with Crippen molar-refractivity contribution in [1.29, 1.82) is 0 Å². The number of rotatable bonds is 5. The molecule has 7 rings (SSSR count). The Morgan fingerprint density at radius 2 is 1.65 bits per heavy atom. The third-order valence-corrected chi connectivity index (χ3v) is 13.5. The van der Waals surface area contributed by atoms with Gasteiger partial charge in [-0.1, -0.05) is 76.2 Å². The molecular weight excluding hydrogens is 558 g/mol. The van der Waals surface area contributed by atoms with Crippen molar-refractivity contribution in [3.05, 3.63) is 89.0 Å². The number of hydrogen-bond acceptors (Lipinski definition) is 5. The molecule has 6 nitrogen and oxygen atoms in total. The molecule has 2 aliphatic heterocycles. The molecule has 1 N–H and O–H groups in total. The number of aliphatic hydroxyl groups excluding tert-OH is 1. The number of aliphatic hydroxyl groups is 1. The summed E-state index contributed by atoms with van der Waals surface area (Å²) in [6, 6.07) is 20.9. The smallest absolute Gasteiger partial charge is 0.243 e. The number of fused-ring (bicyclic) bond motifs is 3. The lowest BCUT2D eigenvalue weighted by Gasteiger charge is -2.67. The van der Waals surface area contributed by atoms with Gasteiger partial charge in [0.1, 0.15) is 23.7 Å². The maximum atomic E-state index is 13.8. The second-order valence-electron chi connectivity index (χ2n) is 14.2. The third kappa shape index (κ3) is 4.29. The van der Waals surface area contributed by atoms with Crippen molar-refractivity contribution in [3.63, 3.8) is 0 Å². The van der Waals surface area contributed by atoms with Crippen LogP contribution in [0.5, 0.6) is 11.5 Å². The van der Waals surface area contributed by atoms with Gasteiger partial charge in [-0.2, -0.15) is 4.31 Å². The average Bonchev–Trinajstić information content (AvgIpc) is 3.44.